The van der Waals surface area contributed by atoms with Gasteiger partial charge in [-0.1, -0.05) is 61.6 Å². The highest BCUT2D eigenvalue weighted by atomic mass is 16.2. The van der Waals surface area contributed by atoms with Gasteiger partial charge in [-0.3, -0.25) is 4.79 Å². The molecule has 1 aromatic carbocycles. The Bertz CT molecular complexity index is 795. The van der Waals surface area contributed by atoms with E-state index in [1.165, 1.54) is 11.1 Å². The molecule has 1 unspecified atom stereocenters. The average molecular weight is 379 g/mol. The first-order chi connectivity index (χ1) is 13.4. The van der Waals surface area contributed by atoms with Crippen molar-refractivity contribution >= 4 is 11.5 Å². The number of likely N-dealkylation sites (N-methyl/N-ethyl adjacent to an activating group) is 1. The smallest absolute Gasteiger partial charge is 0.253 e. The molecule has 3 heteroatoms. The summed E-state index contributed by atoms with van der Waals surface area (Å²) in [4.78, 5) is 17.0. The number of fused-ring (bicyclic) bond motifs is 2. The highest BCUT2D eigenvalue weighted by molar-refractivity contribution is 6.21. The van der Waals surface area contributed by atoms with Crippen molar-refractivity contribution in [3.8, 4) is 0 Å². The van der Waals surface area contributed by atoms with Gasteiger partial charge in [0.05, 0.1) is 0 Å². The van der Waals surface area contributed by atoms with E-state index in [9.17, 15) is 4.79 Å². The quantitative estimate of drug-likeness (QED) is 0.672. The van der Waals surface area contributed by atoms with Crippen LogP contribution in [0, 0.1) is 5.92 Å². The Balaban J connectivity index is 1.70. The summed E-state index contributed by atoms with van der Waals surface area (Å²) < 4.78 is 0. The fourth-order valence-corrected chi connectivity index (χ4v) is 4.81. The van der Waals surface area contributed by atoms with Crippen LogP contribution in [0.3, 0.4) is 0 Å². The number of piperidine rings is 1. The fraction of sp³-hybridized carbons (Fsp3) is 0.480. The standard InChI is InChI=1S/C25H34N2O/c1-6-9-19(2)16-20(3)18-27-14-12-25(13-15-27)17-22(24(28)26(4)5)21-10-7-8-11-23(21)25/h6-11,17,20H,2,12-16,18H2,1,3-5H3/b9-6-. The molecule has 3 nitrogen and oxygen atoms in total. The molecule has 0 N–H and O–H groups in total. The molecule has 1 atom stereocenters. The van der Waals surface area contributed by atoms with Crippen molar-refractivity contribution < 1.29 is 4.79 Å². The summed E-state index contributed by atoms with van der Waals surface area (Å²) in [7, 11) is 3.67. The van der Waals surface area contributed by atoms with Crippen LogP contribution in [-0.4, -0.2) is 49.4 Å². The maximum Gasteiger partial charge on any atom is 0.253 e. The summed E-state index contributed by atoms with van der Waals surface area (Å²) in [5.41, 5.74) is 4.58. The first-order valence-corrected chi connectivity index (χ1v) is 10.4. The molecule has 0 saturated carbocycles. The van der Waals surface area contributed by atoms with Gasteiger partial charge >= 0.3 is 0 Å². The lowest BCUT2D eigenvalue weighted by Gasteiger charge is -2.40. The van der Waals surface area contributed by atoms with Crippen LogP contribution in [0.5, 0.6) is 0 Å². The SMILES string of the molecule is C=C(/C=C\C)CC(C)CN1CCC2(C=C(C(=O)N(C)C)c3ccccc32)CC1. The molecule has 1 aliphatic heterocycles. The number of likely N-dealkylation sites (tertiary alicyclic amines) is 1. The van der Waals surface area contributed by atoms with E-state index in [4.69, 9.17) is 0 Å². The zero-order valence-electron chi connectivity index (χ0n) is 17.9. The third-order valence-electron chi connectivity index (χ3n) is 6.14. The lowest BCUT2D eigenvalue weighted by molar-refractivity contribution is -0.122. The Kier molecular flexibility index (Phi) is 6.24. The topological polar surface area (TPSA) is 23.6 Å². The van der Waals surface area contributed by atoms with Crippen molar-refractivity contribution in [2.75, 3.05) is 33.7 Å². The van der Waals surface area contributed by atoms with Crippen LogP contribution in [-0.2, 0) is 10.2 Å². The Morgan fingerprint density at radius 1 is 1.29 bits per heavy atom. The molecule has 0 aromatic heterocycles. The molecule has 1 heterocycles. The summed E-state index contributed by atoms with van der Waals surface area (Å²) in [5, 5.41) is 0. The molecule has 3 rings (SSSR count). The van der Waals surface area contributed by atoms with Gasteiger partial charge in [-0.25, -0.2) is 0 Å². The van der Waals surface area contributed by atoms with Crippen LogP contribution in [0.15, 0.2) is 54.6 Å². The molecule has 0 radical (unpaired) electrons. The van der Waals surface area contributed by atoms with E-state index < -0.39 is 0 Å². The Hall–Kier alpha value is -2.13. The van der Waals surface area contributed by atoms with Crippen LogP contribution >= 0.6 is 0 Å². The van der Waals surface area contributed by atoms with Gasteiger partial charge in [0.2, 0.25) is 0 Å². The van der Waals surface area contributed by atoms with Gasteiger partial charge < -0.3 is 9.80 Å². The molecule has 1 fully saturated rings. The molecular weight excluding hydrogens is 344 g/mol. The molecule has 1 aliphatic carbocycles. The van der Waals surface area contributed by atoms with Crippen molar-refractivity contribution in [2.45, 2.75) is 38.5 Å². The molecular formula is C25H34N2O. The average Bonchev–Trinajstić information content (AvgIpc) is 2.98. The van der Waals surface area contributed by atoms with Crippen molar-refractivity contribution in [3.05, 3.63) is 65.8 Å². The van der Waals surface area contributed by atoms with E-state index >= 15 is 0 Å². The second kappa shape index (κ2) is 8.48. The Morgan fingerprint density at radius 2 is 1.96 bits per heavy atom. The maximum absolute atomic E-state index is 12.7. The second-order valence-corrected chi connectivity index (χ2v) is 8.73. The van der Waals surface area contributed by atoms with Gasteiger partial charge in [-0.15, -0.1) is 0 Å². The van der Waals surface area contributed by atoms with Gasteiger partial charge in [0.25, 0.3) is 5.91 Å². The minimum absolute atomic E-state index is 0.0197. The van der Waals surface area contributed by atoms with Crippen molar-refractivity contribution in [3.63, 3.8) is 0 Å². The maximum atomic E-state index is 12.7. The van der Waals surface area contributed by atoms with Crippen LogP contribution in [0.1, 0.15) is 44.2 Å². The number of carbonyl (C=O) groups excluding carboxylic acids is 1. The monoisotopic (exact) mass is 378 g/mol. The van der Waals surface area contributed by atoms with Gasteiger partial charge in [-0.05, 0) is 56.3 Å². The van der Waals surface area contributed by atoms with E-state index in [0.717, 1.165) is 50.0 Å². The highest BCUT2D eigenvalue weighted by Crippen LogP contribution is 2.47. The first-order valence-electron chi connectivity index (χ1n) is 10.4. The molecule has 150 valence electrons. The molecule has 28 heavy (non-hydrogen) atoms. The first kappa shape index (κ1) is 20.6. The van der Waals surface area contributed by atoms with Gasteiger partial charge in [0, 0.05) is 31.6 Å². The van der Waals surface area contributed by atoms with Gasteiger partial charge in [0.1, 0.15) is 0 Å². The zero-order valence-corrected chi connectivity index (χ0v) is 17.9. The molecule has 0 bridgehead atoms. The normalized spacial score (nSPS) is 19.5. The number of carbonyl (C=O) groups is 1. The molecule has 1 spiro atoms. The lowest BCUT2D eigenvalue weighted by atomic mass is 9.74. The van der Waals surface area contributed by atoms with Crippen molar-refractivity contribution in [2.24, 2.45) is 5.92 Å². The van der Waals surface area contributed by atoms with E-state index in [2.05, 4.69) is 54.8 Å². The number of allylic oxidation sites excluding steroid dienone is 4. The van der Waals surface area contributed by atoms with E-state index in [1.54, 1.807) is 4.90 Å². The molecule has 2 aliphatic rings. The molecule has 1 saturated heterocycles. The summed E-state index contributed by atoms with van der Waals surface area (Å²) in [6, 6.07) is 8.49. The number of amides is 1. The largest absolute Gasteiger partial charge is 0.345 e. The predicted molar refractivity (Wildman–Crippen MR) is 118 cm³/mol. The number of rotatable bonds is 6. The summed E-state index contributed by atoms with van der Waals surface area (Å²) >= 11 is 0. The van der Waals surface area contributed by atoms with E-state index in [1.807, 2.05) is 27.1 Å². The number of nitrogens with zero attached hydrogens (tertiary/aromatic N) is 2. The fourth-order valence-electron chi connectivity index (χ4n) is 4.81. The van der Waals surface area contributed by atoms with Gasteiger partial charge in [-0.2, -0.15) is 0 Å². The third kappa shape index (κ3) is 4.15. The summed E-state index contributed by atoms with van der Waals surface area (Å²) in [5.74, 6) is 0.720. The molecule has 1 amide bonds. The van der Waals surface area contributed by atoms with Crippen molar-refractivity contribution in [1.29, 1.82) is 0 Å². The number of benzene rings is 1. The van der Waals surface area contributed by atoms with Crippen LogP contribution in [0.4, 0.5) is 0 Å². The highest BCUT2D eigenvalue weighted by Gasteiger charge is 2.42. The van der Waals surface area contributed by atoms with Crippen LogP contribution in [0.2, 0.25) is 0 Å². The third-order valence-corrected chi connectivity index (χ3v) is 6.14. The van der Waals surface area contributed by atoms with E-state index in [0.29, 0.717) is 5.92 Å². The van der Waals surface area contributed by atoms with Crippen LogP contribution in [0.25, 0.3) is 5.57 Å². The lowest BCUT2D eigenvalue weighted by Crippen LogP contribution is -2.42. The Labute approximate surface area is 170 Å². The minimum Gasteiger partial charge on any atom is -0.345 e. The predicted octanol–water partition coefficient (Wildman–Crippen LogP) is 4.66. The number of hydrogen-bond acceptors (Lipinski definition) is 2. The zero-order chi connectivity index (χ0) is 20.3. The van der Waals surface area contributed by atoms with Crippen molar-refractivity contribution in [1.82, 2.24) is 9.80 Å². The summed E-state index contributed by atoms with van der Waals surface area (Å²) in [6.45, 7) is 11.8. The Morgan fingerprint density at radius 3 is 2.61 bits per heavy atom. The minimum atomic E-state index is 0.0197. The van der Waals surface area contributed by atoms with Gasteiger partial charge in [0.15, 0.2) is 0 Å². The molecule has 1 aromatic rings. The van der Waals surface area contributed by atoms with E-state index in [-0.39, 0.29) is 11.3 Å². The number of hydrogen-bond donors (Lipinski definition) is 0. The second-order valence-electron chi connectivity index (χ2n) is 8.73. The van der Waals surface area contributed by atoms with Crippen LogP contribution < -0.4 is 0 Å². The summed E-state index contributed by atoms with van der Waals surface area (Å²) in [6.07, 6.45) is 9.67.